The fraction of sp³-hybridized carbons (Fsp3) is 0.438. The van der Waals surface area contributed by atoms with E-state index in [0.717, 1.165) is 24.1 Å². The second-order valence-electron chi connectivity index (χ2n) is 11.7. The first-order valence-corrected chi connectivity index (χ1v) is 16.4. The van der Waals surface area contributed by atoms with Crippen molar-refractivity contribution in [2.24, 2.45) is 0 Å². The molecular formula is C32H40F2N3O9P. The molecular weight excluding hydrogens is 639 g/mol. The van der Waals surface area contributed by atoms with Crippen LogP contribution in [0.3, 0.4) is 0 Å². The van der Waals surface area contributed by atoms with Gasteiger partial charge in [0.1, 0.15) is 29.8 Å². The number of alkyl halides is 1. The predicted molar refractivity (Wildman–Crippen MR) is 168 cm³/mol. The molecule has 2 aliphatic heterocycles. The number of halogens is 2. The minimum absolute atomic E-state index is 0.107. The molecule has 2 aliphatic rings. The number of ether oxygens (including phenoxy) is 3. The van der Waals surface area contributed by atoms with Gasteiger partial charge in [0.15, 0.2) is 11.9 Å². The Hall–Kier alpha value is -3.65. The van der Waals surface area contributed by atoms with E-state index in [9.17, 15) is 23.7 Å². The number of esters is 1. The zero-order chi connectivity index (χ0) is 34.6. The molecule has 1 saturated heterocycles. The molecule has 2 heterocycles. The van der Waals surface area contributed by atoms with E-state index < -0.39 is 68.3 Å². The number of aliphatic hydroxyl groups is 1. The van der Waals surface area contributed by atoms with Crippen LogP contribution in [-0.4, -0.2) is 77.7 Å². The summed E-state index contributed by atoms with van der Waals surface area (Å²) in [6.45, 7) is 6.70. The van der Waals surface area contributed by atoms with Gasteiger partial charge in [0, 0.05) is 26.3 Å². The van der Waals surface area contributed by atoms with Crippen LogP contribution in [0.4, 0.5) is 8.78 Å². The lowest BCUT2D eigenvalue weighted by atomic mass is 9.97. The van der Waals surface area contributed by atoms with Gasteiger partial charge in [0.05, 0.1) is 12.7 Å². The maximum atomic E-state index is 16.0. The molecule has 2 aromatic carbocycles. The fourth-order valence-corrected chi connectivity index (χ4v) is 6.37. The van der Waals surface area contributed by atoms with E-state index in [1.807, 2.05) is 0 Å². The number of nitrogens with zero attached hydrogens (tertiary/aromatic N) is 1. The van der Waals surface area contributed by atoms with E-state index in [1.165, 1.54) is 56.3 Å². The van der Waals surface area contributed by atoms with Crippen molar-refractivity contribution in [3.05, 3.63) is 77.8 Å². The summed E-state index contributed by atoms with van der Waals surface area (Å²) >= 11 is 0. The Bertz CT molecular complexity index is 1520. The number of nitrogens with one attached hydrogen (secondary N) is 2. The third-order valence-corrected chi connectivity index (χ3v) is 9.16. The molecule has 1 fully saturated rings. The van der Waals surface area contributed by atoms with Gasteiger partial charge < -0.3 is 34.1 Å². The predicted octanol–water partition coefficient (Wildman–Crippen LogP) is 4.51. The Balaban J connectivity index is 1.52. The minimum Gasteiger partial charge on any atom is -0.462 e. The van der Waals surface area contributed by atoms with Crippen LogP contribution in [0.1, 0.15) is 45.7 Å². The van der Waals surface area contributed by atoms with Crippen molar-refractivity contribution >= 4 is 31.8 Å². The van der Waals surface area contributed by atoms with Crippen LogP contribution in [0.25, 0.3) is 12.2 Å². The molecule has 2 aromatic rings. The summed E-state index contributed by atoms with van der Waals surface area (Å²) in [5.74, 6) is -2.94. The molecule has 0 bridgehead atoms. The van der Waals surface area contributed by atoms with E-state index in [4.69, 9.17) is 23.3 Å². The van der Waals surface area contributed by atoms with Gasteiger partial charge in [-0.1, -0.05) is 36.4 Å². The smallest absolute Gasteiger partial charge is 0.459 e. The maximum absolute atomic E-state index is 16.0. The number of benzene rings is 2. The molecule has 2 unspecified atom stereocenters. The third-order valence-electron chi connectivity index (χ3n) is 7.51. The quantitative estimate of drug-likeness (QED) is 0.156. The third kappa shape index (κ3) is 8.83. The normalized spacial score (nSPS) is 27.9. The number of carbonyl (C=O) groups excluding carboxylic acids is 2. The molecule has 256 valence electrons. The van der Waals surface area contributed by atoms with E-state index in [1.54, 1.807) is 50.3 Å². The summed E-state index contributed by atoms with van der Waals surface area (Å²) in [6, 6.07) is 11.2. The molecule has 12 nitrogen and oxygen atoms in total. The van der Waals surface area contributed by atoms with Crippen LogP contribution >= 0.6 is 7.75 Å². The molecule has 15 heteroatoms. The summed E-state index contributed by atoms with van der Waals surface area (Å²) < 4.78 is 71.2. The molecule has 0 aliphatic carbocycles. The van der Waals surface area contributed by atoms with Crippen molar-refractivity contribution in [1.82, 2.24) is 15.3 Å². The van der Waals surface area contributed by atoms with Gasteiger partial charge in [-0.3, -0.25) is 14.1 Å². The van der Waals surface area contributed by atoms with Gasteiger partial charge in [-0.25, -0.2) is 13.3 Å². The van der Waals surface area contributed by atoms with Crippen molar-refractivity contribution in [3.8, 4) is 5.75 Å². The van der Waals surface area contributed by atoms with Crippen LogP contribution in [-0.2, 0) is 32.9 Å². The van der Waals surface area contributed by atoms with E-state index in [0.29, 0.717) is 0 Å². The summed E-state index contributed by atoms with van der Waals surface area (Å²) in [6.07, 6.45) is 0.972. The highest BCUT2D eigenvalue weighted by molar-refractivity contribution is 7.52. The van der Waals surface area contributed by atoms with Crippen LogP contribution in [0.5, 0.6) is 5.75 Å². The van der Waals surface area contributed by atoms with Gasteiger partial charge >= 0.3 is 13.7 Å². The lowest BCUT2D eigenvalue weighted by Crippen LogP contribution is -2.66. The topological polar surface area (TPSA) is 145 Å². The number of aliphatic hydroxyl groups excluding tert-OH is 1. The summed E-state index contributed by atoms with van der Waals surface area (Å²) in [5.41, 5.74) is -0.877. The SMILES string of the molecule is COC1(C)NC(=O)C=CN1[C@@H]1O[C@H](COP(=O)(N[C@@H](C)C(=O)OC(C)C)Oc2ccc(/C=C/c3ccc(F)cc3)cc2)[C@@H](O)[C@@]1(C)F. The molecule has 0 saturated carbocycles. The van der Waals surface area contributed by atoms with Gasteiger partial charge in [-0.05, 0) is 63.1 Å². The van der Waals surface area contributed by atoms with E-state index in [2.05, 4.69) is 10.4 Å². The Kier molecular flexibility index (Phi) is 11.3. The van der Waals surface area contributed by atoms with Gasteiger partial charge in [0.2, 0.25) is 11.8 Å². The van der Waals surface area contributed by atoms with Gasteiger partial charge in [-0.2, -0.15) is 5.09 Å². The second kappa shape index (κ2) is 14.6. The van der Waals surface area contributed by atoms with Crippen molar-refractivity contribution in [3.63, 3.8) is 0 Å². The summed E-state index contributed by atoms with van der Waals surface area (Å²) in [5, 5.41) is 16.1. The largest absolute Gasteiger partial charge is 0.462 e. The molecule has 3 N–H and O–H groups in total. The first kappa shape index (κ1) is 36.2. The molecule has 1 amide bonds. The molecule has 0 spiro atoms. The van der Waals surface area contributed by atoms with Crippen LogP contribution in [0.2, 0.25) is 0 Å². The zero-order valence-corrected chi connectivity index (χ0v) is 27.8. The maximum Gasteiger partial charge on any atom is 0.459 e. The van der Waals surface area contributed by atoms with Crippen molar-refractivity contribution in [2.45, 2.75) is 76.7 Å². The average molecular weight is 680 g/mol. The highest BCUT2D eigenvalue weighted by atomic mass is 31.2. The summed E-state index contributed by atoms with van der Waals surface area (Å²) in [7, 11) is -3.10. The number of hydrogen-bond donors (Lipinski definition) is 3. The number of rotatable bonds is 13. The number of hydrogen-bond acceptors (Lipinski definition) is 10. The second-order valence-corrected chi connectivity index (χ2v) is 13.4. The number of methoxy groups -OCH3 is 1. The van der Waals surface area contributed by atoms with Crippen LogP contribution < -0.4 is 14.9 Å². The van der Waals surface area contributed by atoms with Crippen LogP contribution in [0, 0.1) is 5.82 Å². The monoisotopic (exact) mass is 679 g/mol. The fourth-order valence-electron chi connectivity index (χ4n) is 4.86. The molecule has 7 atom stereocenters. The Morgan fingerprint density at radius 1 is 1.13 bits per heavy atom. The van der Waals surface area contributed by atoms with Gasteiger partial charge in [-0.15, -0.1) is 0 Å². The molecule has 0 aromatic heterocycles. The first-order valence-electron chi connectivity index (χ1n) is 14.9. The lowest BCUT2D eigenvalue weighted by molar-refractivity contribution is -0.213. The zero-order valence-electron chi connectivity index (χ0n) is 26.9. The highest BCUT2D eigenvalue weighted by Gasteiger charge is 2.59. The van der Waals surface area contributed by atoms with Crippen molar-refractivity contribution in [2.75, 3.05) is 13.7 Å². The van der Waals surface area contributed by atoms with Crippen LogP contribution in [0.15, 0.2) is 60.8 Å². The molecule has 0 radical (unpaired) electrons. The lowest BCUT2D eigenvalue weighted by Gasteiger charge is -2.46. The number of amides is 1. The van der Waals surface area contributed by atoms with E-state index >= 15 is 4.39 Å². The first-order chi connectivity index (χ1) is 22.0. The molecule has 47 heavy (non-hydrogen) atoms. The minimum atomic E-state index is -4.42. The standard InChI is InChI=1S/C32H40F2N3O9P/c1-20(2)44-29(40)21(3)36-47(41,46-25-15-11-23(12-16-25)8-7-22-9-13-24(33)14-10-22)43-19-26-28(39)31(4,34)30(45-26)37-18-17-27(38)35-32(37,5)42-6/h7-18,20-21,26,28,30,39H,19H2,1-6H3,(H,35,38)(H,36,41)/b8-7+/t21-,26+,28+,30+,31+,32?,47?/m0/s1. The van der Waals surface area contributed by atoms with Crippen molar-refractivity contribution < 1.29 is 51.3 Å². The van der Waals surface area contributed by atoms with Crippen molar-refractivity contribution in [1.29, 1.82) is 0 Å². The van der Waals surface area contributed by atoms with Gasteiger partial charge in [0.25, 0.3) is 0 Å². The van der Waals surface area contributed by atoms with E-state index in [-0.39, 0.29) is 11.6 Å². The Morgan fingerprint density at radius 3 is 2.30 bits per heavy atom. The Labute approximate surface area is 272 Å². The highest BCUT2D eigenvalue weighted by Crippen LogP contribution is 2.47. The Morgan fingerprint density at radius 2 is 1.72 bits per heavy atom. The average Bonchev–Trinajstić information content (AvgIpc) is 3.23. The summed E-state index contributed by atoms with van der Waals surface area (Å²) in [4.78, 5) is 25.8. The number of carbonyl (C=O) groups is 2. The molecule has 4 rings (SSSR count).